The van der Waals surface area contributed by atoms with Gasteiger partial charge in [0.05, 0.1) is 5.39 Å². The van der Waals surface area contributed by atoms with Crippen LogP contribution in [0.15, 0.2) is 10.9 Å². The van der Waals surface area contributed by atoms with E-state index in [1.54, 1.807) is 6.92 Å². The lowest BCUT2D eigenvalue weighted by molar-refractivity contribution is 0.0691. The van der Waals surface area contributed by atoms with Crippen molar-refractivity contribution < 1.29 is 9.90 Å². The summed E-state index contributed by atoms with van der Waals surface area (Å²) in [5.74, 6) is -1.18. The van der Waals surface area contributed by atoms with E-state index in [0.717, 1.165) is 6.07 Å². The summed E-state index contributed by atoms with van der Waals surface area (Å²) in [4.78, 5) is 24.6. The fourth-order valence-electron chi connectivity index (χ4n) is 1.30. The largest absolute Gasteiger partial charge is 0.477 e. The SMILES string of the molecule is Cc1[nH]nc2[nH]c(C(=O)O)cc(=O)c12. The molecular weight excluding hydrogens is 186 g/mol. The molecule has 2 aromatic heterocycles. The Bertz CT molecular complexity index is 567. The van der Waals surface area contributed by atoms with Crippen LogP contribution in [0.25, 0.3) is 11.0 Å². The van der Waals surface area contributed by atoms with Gasteiger partial charge in [0, 0.05) is 11.8 Å². The van der Waals surface area contributed by atoms with E-state index in [-0.39, 0.29) is 16.8 Å². The third kappa shape index (κ3) is 1.08. The van der Waals surface area contributed by atoms with Gasteiger partial charge in [-0.3, -0.25) is 9.89 Å². The first-order chi connectivity index (χ1) is 6.59. The van der Waals surface area contributed by atoms with E-state index in [4.69, 9.17) is 5.11 Å². The smallest absolute Gasteiger partial charge is 0.352 e. The molecule has 0 saturated heterocycles. The number of fused-ring (bicyclic) bond motifs is 1. The zero-order chi connectivity index (χ0) is 10.3. The Kier molecular flexibility index (Phi) is 1.63. The minimum absolute atomic E-state index is 0.158. The first kappa shape index (κ1) is 8.49. The number of carbonyl (C=O) groups is 1. The standard InChI is InChI=1S/C8H7N3O3/c1-3-6-5(12)2-4(8(13)14)9-7(6)11-10-3/h2H,1H3,(H,13,14)(H2,9,10,11,12). The van der Waals surface area contributed by atoms with Crippen molar-refractivity contribution >= 4 is 17.0 Å². The van der Waals surface area contributed by atoms with Gasteiger partial charge < -0.3 is 10.1 Å². The number of hydrogen-bond acceptors (Lipinski definition) is 3. The lowest BCUT2D eigenvalue weighted by Crippen LogP contribution is -2.09. The maximum absolute atomic E-state index is 11.4. The number of hydrogen-bond donors (Lipinski definition) is 3. The second-order valence-electron chi connectivity index (χ2n) is 2.92. The molecule has 2 heterocycles. The monoisotopic (exact) mass is 193 g/mol. The number of carboxylic acid groups (broad SMARTS) is 1. The fraction of sp³-hybridized carbons (Fsp3) is 0.125. The molecule has 0 aromatic carbocycles. The van der Waals surface area contributed by atoms with Gasteiger partial charge in [-0.2, -0.15) is 5.10 Å². The number of nitrogens with one attached hydrogen (secondary N) is 2. The summed E-state index contributed by atoms with van der Waals surface area (Å²) in [6.07, 6.45) is 0. The van der Waals surface area contributed by atoms with Crippen LogP contribution in [0.2, 0.25) is 0 Å². The van der Waals surface area contributed by atoms with Crippen molar-refractivity contribution in [3.63, 3.8) is 0 Å². The number of aromatic nitrogens is 3. The first-order valence-electron chi connectivity index (χ1n) is 3.91. The Labute approximate surface area is 77.6 Å². The molecule has 3 N–H and O–H groups in total. The highest BCUT2D eigenvalue weighted by molar-refractivity contribution is 5.89. The molecule has 0 aliphatic heterocycles. The average molecular weight is 193 g/mol. The molecule has 72 valence electrons. The van der Waals surface area contributed by atoms with E-state index in [9.17, 15) is 9.59 Å². The molecule has 0 fully saturated rings. The molecular formula is C8H7N3O3. The predicted molar refractivity (Wildman–Crippen MR) is 48.4 cm³/mol. The Morgan fingerprint density at radius 3 is 2.93 bits per heavy atom. The van der Waals surface area contributed by atoms with Crippen molar-refractivity contribution in [1.82, 2.24) is 15.2 Å². The van der Waals surface area contributed by atoms with Crippen LogP contribution < -0.4 is 5.43 Å². The number of pyridine rings is 1. The summed E-state index contributed by atoms with van der Waals surface area (Å²) in [5, 5.41) is 15.5. The molecule has 0 saturated carbocycles. The highest BCUT2D eigenvalue weighted by Gasteiger charge is 2.11. The minimum atomic E-state index is -1.18. The second-order valence-corrected chi connectivity index (χ2v) is 2.92. The molecule has 0 unspecified atom stereocenters. The average Bonchev–Trinajstić information content (AvgIpc) is 2.48. The Morgan fingerprint density at radius 1 is 1.57 bits per heavy atom. The third-order valence-electron chi connectivity index (χ3n) is 1.95. The second kappa shape index (κ2) is 2.69. The molecule has 0 amide bonds. The lowest BCUT2D eigenvalue weighted by Gasteiger charge is -1.93. The van der Waals surface area contributed by atoms with Gasteiger partial charge in [-0.1, -0.05) is 0 Å². The normalized spacial score (nSPS) is 10.6. The summed E-state index contributed by atoms with van der Waals surface area (Å²) in [6, 6.07) is 1.05. The van der Waals surface area contributed by atoms with E-state index in [1.165, 1.54) is 0 Å². The van der Waals surface area contributed by atoms with Gasteiger partial charge >= 0.3 is 5.97 Å². The number of carboxylic acids is 1. The fourth-order valence-corrected chi connectivity index (χ4v) is 1.30. The van der Waals surface area contributed by atoms with Gasteiger partial charge in [0.2, 0.25) is 0 Å². The maximum Gasteiger partial charge on any atom is 0.352 e. The summed E-state index contributed by atoms with van der Waals surface area (Å²) in [7, 11) is 0. The summed E-state index contributed by atoms with van der Waals surface area (Å²) in [6.45, 7) is 1.70. The van der Waals surface area contributed by atoms with E-state index < -0.39 is 5.97 Å². The van der Waals surface area contributed by atoms with Crippen LogP contribution >= 0.6 is 0 Å². The molecule has 0 radical (unpaired) electrons. The summed E-state index contributed by atoms with van der Waals surface area (Å²) >= 11 is 0. The van der Waals surface area contributed by atoms with E-state index >= 15 is 0 Å². The quantitative estimate of drug-likeness (QED) is 0.604. The van der Waals surface area contributed by atoms with Crippen molar-refractivity contribution in [2.45, 2.75) is 6.92 Å². The van der Waals surface area contributed by atoms with Crippen molar-refractivity contribution in [3.8, 4) is 0 Å². The number of aromatic amines is 2. The van der Waals surface area contributed by atoms with Crippen LogP contribution in [0.5, 0.6) is 0 Å². The van der Waals surface area contributed by atoms with Crippen molar-refractivity contribution in [2.75, 3.05) is 0 Å². The molecule has 6 heteroatoms. The molecule has 14 heavy (non-hydrogen) atoms. The minimum Gasteiger partial charge on any atom is -0.477 e. The van der Waals surface area contributed by atoms with Crippen LogP contribution in [-0.2, 0) is 0 Å². The highest BCUT2D eigenvalue weighted by atomic mass is 16.4. The number of H-pyrrole nitrogens is 2. The Morgan fingerprint density at radius 2 is 2.29 bits per heavy atom. The van der Waals surface area contributed by atoms with Crippen LogP contribution in [-0.4, -0.2) is 26.3 Å². The van der Waals surface area contributed by atoms with Crippen LogP contribution in [0, 0.1) is 6.92 Å². The molecule has 2 aromatic rings. The maximum atomic E-state index is 11.4. The molecule has 0 aliphatic rings. The van der Waals surface area contributed by atoms with Gasteiger partial charge in [-0.15, -0.1) is 0 Å². The first-order valence-corrected chi connectivity index (χ1v) is 3.91. The molecule has 0 spiro atoms. The number of rotatable bonds is 1. The van der Waals surface area contributed by atoms with Gasteiger partial charge in [-0.25, -0.2) is 4.79 Å². The van der Waals surface area contributed by atoms with Crippen LogP contribution in [0.1, 0.15) is 16.2 Å². The zero-order valence-corrected chi connectivity index (χ0v) is 7.29. The number of nitrogens with zero attached hydrogens (tertiary/aromatic N) is 1. The van der Waals surface area contributed by atoms with E-state index in [0.29, 0.717) is 11.1 Å². The van der Waals surface area contributed by atoms with Crippen LogP contribution in [0.3, 0.4) is 0 Å². The molecule has 0 atom stereocenters. The van der Waals surface area contributed by atoms with Gasteiger partial charge in [-0.05, 0) is 6.92 Å². The van der Waals surface area contributed by atoms with Gasteiger partial charge in [0.25, 0.3) is 0 Å². The predicted octanol–water partition coefficient (Wildman–Crippen LogP) is 0.258. The topological polar surface area (TPSA) is 98.8 Å². The molecule has 2 rings (SSSR count). The van der Waals surface area contributed by atoms with Crippen LogP contribution in [0.4, 0.5) is 0 Å². The summed E-state index contributed by atoms with van der Waals surface area (Å²) < 4.78 is 0. The Hall–Kier alpha value is -2.11. The summed E-state index contributed by atoms with van der Waals surface area (Å²) in [5.41, 5.74) is 0.391. The van der Waals surface area contributed by atoms with Gasteiger partial charge in [0.1, 0.15) is 5.69 Å². The van der Waals surface area contributed by atoms with E-state index in [2.05, 4.69) is 15.2 Å². The van der Waals surface area contributed by atoms with Crippen molar-refractivity contribution in [1.29, 1.82) is 0 Å². The van der Waals surface area contributed by atoms with E-state index in [1.807, 2.05) is 0 Å². The highest BCUT2D eigenvalue weighted by Crippen LogP contribution is 2.08. The lowest BCUT2D eigenvalue weighted by atomic mass is 10.2. The van der Waals surface area contributed by atoms with Gasteiger partial charge in [0.15, 0.2) is 11.1 Å². The number of aromatic carboxylic acids is 1. The molecule has 0 bridgehead atoms. The molecule has 0 aliphatic carbocycles. The number of aryl methyl sites for hydroxylation is 1. The molecule has 6 nitrogen and oxygen atoms in total. The van der Waals surface area contributed by atoms with Crippen molar-refractivity contribution in [2.24, 2.45) is 0 Å². The van der Waals surface area contributed by atoms with Crippen molar-refractivity contribution in [3.05, 3.63) is 27.7 Å². The third-order valence-corrected chi connectivity index (χ3v) is 1.95. The Balaban J connectivity index is 2.87. The zero-order valence-electron chi connectivity index (χ0n) is 7.29.